The topological polar surface area (TPSA) is 52.6 Å². The summed E-state index contributed by atoms with van der Waals surface area (Å²) in [5.74, 6) is -0.432. The van der Waals surface area contributed by atoms with E-state index in [0.717, 1.165) is 25.7 Å². The molecule has 0 aliphatic rings. The van der Waals surface area contributed by atoms with Gasteiger partial charge >= 0.3 is 11.9 Å². The SMILES string of the molecule is CC/C=C\CCOC(=O)CCCC(=O)OCCCCCCCCCCCCCCCC. The third kappa shape index (κ3) is 24.8. The molecule has 4 nitrogen and oxygen atoms in total. The zero-order valence-electron chi connectivity index (χ0n) is 20.6. The van der Waals surface area contributed by atoms with Crippen LogP contribution in [0.3, 0.4) is 0 Å². The molecule has 0 saturated carbocycles. The Labute approximate surface area is 192 Å². The van der Waals surface area contributed by atoms with Crippen molar-refractivity contribution in [3.8, 4) is 0 Å². The van der Waals surface area contributed by atoms with Gasteiger partial charge in [-0.2, -0.15) is 0 Å². The second-order valence-electron chi connectivity index (χ2n) is 8.56. The van der Waals surface area contributed by atoms with Crippen LogP contribution in [-0.2, 0) is 19.1 Å². The number of unbranched alkanes of at least 4 members (excludes halogenated alkanes) is 13. The van der Waals surface area contributed by atoms with Crippen molar-refractivity contribution in [1.82, 2.24) is 0 Å². The maximum absolute atomic E-state index is 11.7. The highest BCUT2D eigenvalue weighted by molar-refractivity contribution is 5.72. The van der Waals surface area contributed by atoms with E-state index in [1.54, 1.807) is 0 Å². The van der Waals surface area contributed by atoms with Crippen molar-refractivity contribution in [2.45, 2.75) is 136 Å². The molecule has 0 aromatic rings. The molecule has 0 aromatic carbocycles. The largest absolute Gasteiger partial charge is 0.466 e. The summed E-state index contributed by atoms with van der Waals surface area (Å²) in [5.41, 5.74) is 0. The van der Waals surface area contributed by atoms with Crippen LogP contribution >= 0.6 is 0 Å². The standard InChI is InChI=1S/C27H50O4/c1-3-5-7-9-10-11-12-13-14-15-16-17-18-20-25-31-27(29)23-21-22-26(28)30-24-19-8-6-4-2/h6,8H,3-5,7,9-25H2,1-2H3/b8-6-. The van der Waals surface area contributed by atoms with Gasteiger partial charge in [0.1, 0.15) is 0 Å². The summed E-state index contributed by atoms with van der Waals surface area (Å²) < 4.78 is 10.4. The van der Waals surface area contributed by atoms with Crippen molar-refractivity contribution in [2.75, 3.05) is 13.2 Å². The molecule has 0 heterocycles. The summed E-state index contributed by atoms with van der Waals surface area (Å²) >= 11 is 0. The average molecular weight is 439 g/mol. The van der Waals surface area contributed by atoms with Crippen LogP contribution in [0.25, 0.3) is 0 Å². The maximum Gasteiger partial charge on any atom is 0.305 e. The van der Waals surface area contributed by atoms with Crippen LogP contribution < -0.4 is 0 Å². The van der Waals surface area contributed by atoms with Crippen LogP contribution in [0.1, 0.15) is 136 Å². The van der Waals surface area contributed by atoms with Crippen LogP contribution in [0.4, 0.5) is 0 Å². The summed E-state index contributed by atoms with van der Waals surface area (Å²) in [6.45, 7) is 5.26. The fraction of sp³-hybridized carbons (Fsp3) is 0.852. The first-order valence-electron chi connectivity index (χ1n) is 13.2. The van der Waals surface area contributed by atoms with Crippen LogP contribution in [0.15, 0.2) is 12.2 Å². The van der Waals surface area contributed by atoms with Gasteiger partial charge in [-0.05, 0) is 25.7 Å². The van der Waals surface area contributed by atoms with Crippen LogP contribution in [0, 0.1) is 0 Å². The van der Waals surface area contributed by atoms with E-state index in [9.17, 15) is 9.59 Å². The van der Waals surface area contributed by atoms with Crippen molar-refractivity contribution >= 4 is 11.9 Å². The number of ether oxygens (including phenoxy) is 2. The van der Waals surface area contributed by atoms with Crippen LogP contribution in [-0.4, -0.2) is 25.2 Å². The van der Waals surface area contributed by atoms with E-state index in [1.807, 2.05) is 6.08 Å². The summed E-state index contributed by atoms with van der Waals surface area (Å²) in [7, 11) is 0. The Kier molecular flexibility index (Phi) is 23.9. The molecule has 0 N–H and O–H groups in total. The lowest BCUT2D eigenvalue weighted by Crippen LogP contribution is -2.09. The minimum Gasteiger partial charge on any atom is -0.466 e. The highest BCUT2D eigenvalue weighted by atomic mass is 16.5. The molecule has 0 spiro atoms. The molecule has 0 amide bonds. The van der Waals surface area contributed by atoms with Gasteiger partial charge in [0, 0.05) is 12.8 Å². The number of carbonyl (C=O) groups excluding carboxylic acids is 2. The lowest BCUT2D eigenvalue weighted by molar-refractivity contribution is -0.145. The molecule has 31 heavy (non-hydrogen) atoms. The van der Waals surface area contributed by atoms with Crippen molar-refractivity contribution in [3.63, 3.8) is 0 Å². The number of allylic oxidation sites excluding steroid dienone is 1. The Balaban J connectivity index is 3.27. The predicted octanol–water partition coefficient (Wildman–Crippen LogP) is 8.08. The second-order valence-corrected chi connectivity index (χ2v) is 8.56. The molecule has 182 valence electrons. The molecule has 0 radical (unpaired) electrons. The van der Waals surface area contributed by atoms with Crippen molar-refractivity contribution in [1.29, 1.82) is 0 Å². The van der Waals surface area contributed by atoms with Crippen molar-refractivity contribution < 1.29 is 19.1 Å². The smallest absolute Gasteiger partial charge is 0.305 e. The number of hydrogen-bond acceptors (Lipinski definition) is 4. The van der Waals surface area contributed by atoms with Gasteiger partial charge in [-0.25, -0.2) is 0 Å². The van der Waals surface area contributed by atoms with Gasteiger partial charge in [0.15, 0.2) is 0 Å². The number of esters is 2. The summed E-state index contributed by atoms with van der Waals surface area (Å²) in [6, 6.07) is 0. The first-order valence-corrected chi connectivity index (χ1v) is 13.2. The highest BCUT2D eigenvalue weighted by Crippen LogP contribution is 2.13. The third-order valence-electron chi connectivity index (χ3n) is 5.47. The Hall–Kier alpha value is -1.32. The highest BCUT2D eigenvalue weighted by Gasteiger charge is 2.07. The van der Waals surface area contributed by atoms with Gasteiger partial charge < -0.3 is 9.47 Å². The molecule has 0 saturated heterocycles. The van der Waals surface area contributed by atoms with Gasteiger partial charge in [0.2, 0.25) is 0 Å². The van der Waals surface area contributed by atoms with E-state index >= 15 is 0 Å². The Morgan fingerprint density at radius 1 is 0.548 bits per heavy atom. The number of hydrogen-bond donors (Lipinski definition) is 0. The predicted molar refractivity (Wildman–Crippen MR) is 130 cm³/mol. The van der Waals surface area contributed by atoms with Crippen molar-refractivity contribution in [3.05, 3.63) is 12.2 Å². The summed E-state index contributed by atoms with van der Waals surface area (Å²) in [6.07, 6.45) is 25.4. The van der Waals surface area contributed by atoms with Gasteiger partial charge in [-0.15, -0.1) is 0 Å². The molecule has 0 atom stereocenters. The van der Waals surface area contributed by atoms with Crippen LogP contribution in [0.2, 0.25) is 0 Å². The number of carbonyl (C=O) groups is 2. The molecular weight excluding hydrogens is 388 g/mol. The fourth-order valence-electron chi connectivity index (χ4n) is 3.53. The van der Waals surface area contributed by atoms with Gasteiger partial charge in [0.05, 0.1) is 13.2 Å². The van der Waals surface area contributed by atoms with Gasteiger partial charge in [0.25, 0.3) is 0 Å². The zero-order valence-corrected chi connectivity index (χ0v) is 20.6. The van der Waals surface area contributed by atoms with Crippen LogP contribution in [0.5, 0.6) is 0 Å². The van der Waals surface area contributed by atoms with E-state index in [1.165, 1.54) is 77.0 Å². The Morgan fingerprint density at radius 3 is 1.48 bits per heavy atom. The molecule has 0 aliphatic heterocycles. The first-order chi connectivity index (χ1) is 15.2. The molecule has 0 aromatic heterocycles. The lowest BCUT2D eigenvalue weighted by atomic mass is 10.0. The normalized spacial score (nSPS) is 11.2. The molecule has 4 heteroatoms. The third-order valence-corrected chi connectivity index (χ3v) is 5.47. The van der Waals surface area contributed by atoms with E-state index in [-0.39, 0.29) is 18.4 Å². The summed E-state index contributed by atoms with van der Waals surface area (Å²) in [5, 5.41) is 0. The van der Waals surface area contributed by atoms with E-state index in [2.05, 4.69) is 19.9 Å². The Morgan fingerprint density at radius 2 is 1.00 bits per heavy atom. The van der Waals surface area contributed by atoms with E-state index in [4.69, 9.17) is 9.47 Å². The van der Waals surface area contributed by atoms with Gasteiger partial charge in [-0.1, -0.05) is 109 Å². The molecule has 0 rings (SSSR count). The molecule has 0 unspecified atom stereocenters. The maximum atomic E-state index is 11.7. The molecular formula is C27H50O4. The molecule has 0 fully saturated rings. The van der Waals surface area contributed by atoms with E-state index in [0.29, 0.717) is 26.1 Å². The number of rotatable bonds is 23. The first kappa shape index (κ1) is 29.7. The summed E-state index contributed by atoms with van der Waals surface area (Å²) in [4.78, 5) is 23.3. The average Bonchev–Trinajstić information content (AvgIpc) is 2.76. The lowest BCUT2D eigenvalue weighted by Gasteiger charge is -2.06. The van der Waals surface area contributed by atoms with E-state index < -0.39 is 0 Å². The van der Waals surface area contributed by atoms with Gasteiger partial charge in [-0.3, -0.25) is 9.59 Å². The fourth-order valence-corrected chi connectivity index (χ4v) is 3.53. The monoisotopic (exact) mass is 438 g/mol. The Bertz CT molecular complexity index is 431. The quantitative estimate of drug-likeness (QED) is 0.0919. The minimum atomic E-state index is -0.232. The minimum absolute atomic E-state index is 0.201. The molecule has 0 bridgehead atoms. The van der Waals surface area contributed by atoms with Crippen molar-refractivity contribution in [2.24, 2.45) is 0 Å². The second kappa shape index (κ2) is 24.9. The zero-order chi connectivity index (χ0) is 22.8. The molecule has 0 aliphatic carbocycles.